The first-order chi connectivity index (χ1) is 14.8. The number of amides is 1. The van der Waals surface area contributed by atoms with Crippen molar-refractivity contribution >= 4 is 51.7 Å². The number of hydrogen-bond donors (Lipinski definition) is 1. The van der Waals surface area contributed by atoms with Crippen molar-refractivity contribution in [2.75, 3.05) is 7.11 Å². The number of methoxy groups -OCH3 is 1. The van der Waals surface area contributed by atoms with E-state index in [1.54, 1.807) is 12.1 Å². The van der Waals surface area contributed by atoms with Gasteiger partial charge in [0.1, 0.15) is 17.6 Å². The van der Waals surface area contributed by atoms with Crippen molar-refractivity contribution in [3.05, 3.63) is 78.1 Å². The Hall–Kier alpha value is -2.61. The van der Waals surface area contributed by atoms with Crippen LogP contribution in [0.5, 0.6) is 5.75 Å². The lowest BCUT2D eigenvalue weighted by atomic mass is 9.97. The highest BCUT2D eigenvalue weighted by Gasteiger charge is 2.47. The molecule has 0 saturated carbocycles. The molecule has 1 saturated heterocycles. The van der Waals surface area contributed by atoms with E-state index in [-0.39, 0.29) is 23.6 Å². The van der Waals surface area contributed by atoms with Gasteiger partial charge in [-0.2, -0.15) is 0 Å². The van der Waals surface area contributed by atoms with Crippen LogP contribution in [0.1, 0.15) is 32.5 Å². The van der Waals surface area contributed by atoms with Gasteiger partial charge in [-0.25, -0.2) is 0 Å². The maximum atomic E-state index is 13.2. The van der Waals surface area contributed by atoms with Crippen molar-refractivity contribution in [1.82, 2.24) is 4.90 Å². The number of ketones is 1. The molecule has 5 nitrogen and oxygen atoms in total. The van der Waals surface area contributed by atoms with Crippen LogP contribution in [0.3, 0.4) is 0 Å². The number of rotatable bonds is 5. The van der Waals surface area contributed by atoms with Crippen molar-refractivity contribution in [1.29, 1.82) is 0 Å². The van der Waals surface area contributed by atoms with Crippen LogP contribution in [0.2, 0.25) is 5.02 Å². The van der Waals surface area contributed by atoms with Gasteiger partial charge in [0.25, 0.3) is 11.7 Å². The van der Waals surface area contributed by atoms with Crippen LogP contribution in [0.15, 0.2) is 46.7 Å². The maximum absolute atomic E-state index is 13.2. The van der Waals surface area contributed by atoms with Crippen molar-refractivity contribution in [3.8, 4) is 5.75 Å². The normalized spacial score (nSPS) is 18.1. The van der Waals surface area contributed by atoms with E-state index < -0.39 is 17.7 Å². The summed E-state index contributed by atoms with van der Waals surface area (Å²) in [7, 11) is 1.45. The minimum absolute atomic E-state index is 0.0482. The van der Waals surface area contributed by atoms with Crippen LogP contribution >= 0.6 is 34.3 Å². The summed E-state index contributed by atoms with van der Waals surface area (Å²) in [6, 6.07) is 8.49. The van der Waals surface area contributed by atoms with Gasteiger partial charge >= 0.3 is 0 Å². The Bertz CT molecular complexity index is 1200. The highest BCUT2D eigenvalue weighted by molar-refractivity contribution is 7.10. The van der Waals surface area contributed by atoms with Gasteiger partial charge in [-0.15, -0.1) is 22.7 Å². The third-order valence-corrected chi connectivity index (χ3v) is 7.46. The molecule has 3 aromatic rings. The third-order valence-electron chi connectivity index (χ3n) is 5.24. The first kappa shape index (κ1) is 21.6. The molecule has 4 rings (SSSR count). The van der Waals surface area contributed by atoms with Gasteiger partial charge in [0.05, 0.1) is 29.8 Å². The summed E-state index contributed by atoms with van der Waals surface area (Å²) < 4.78 is 5.40. The van der Waals surface area contributed by atoms with E-state index in [2.05, 4.69) is 0 Å². The van der Waals surface area contributed by atoms with Crippen LogP contribution in [0, 0.1) is 13.8 Å². The average molecular weight is 474 g/mol. The number of hydrogen-bond acceptors (Lipinski definition) is 6. The minimum Gasteiger partial charge on any atom is -0.507 e. The van der Waals surface area contributed by atoms with E-state index in [0.29, 0.717) is 10.6 Å². The number of Topliss-reactive ketones (excluding diaryl/α,β-unsaturated/α-hetero) is 1. The molecule has 31 heavy (non-hydrogen) atoms. The number of halogens is 1. The lowest BCUT2D eigenvalue weighted by Crippen LogP contribution is -2.28. The van der Waals surface area contributed by atoms with Crippen molar-refractivity contribution in [2.45, 2.75) is 26.4 Å². The predicted octanol–water partition coefficient (Wildman–Crippen LogP) is 5.71. The van der Waals surface area contributed by atoms with Crippen molar-refractivity contribution < 1.29 is 19.4 Å². The van der Waals surface area contributed by atoms with E-state index in [4.69, 9.17) is 16.3 Å². The lowest BCUT2D eigenvalue weighted by Gasteiger charge is -2.24. The molecule has 0 radical (unpaired) electrons. The molecule has 1 aliphatic rings. The molecule has 0 spiro atoms. The molecule has 1 amide bonds. The van der Waals surface area contributed by atoms with E-state index in [1.165, 1.54) is 34.7 Å². The van der Waals surface area contributed by atoms with Crippen LogP contribution in [-0.4, -0.2) is 28.8 Å². The number of thiophene rings is 2. The molecule has 1 unspecified atom stereocenters. The first-order valence-electron chi connectivity index (χ1n) is 9.52. The zero-order valence-corrected chi connectivity index (χ0v) is 19.5. The molecule has 0 aliphatic carbocycles. The second-order valence-electron chi connectivity index (χ2n) is 7.30. The summed E-state index contributed by atoms with van der Waals surface area (Å²) in [6.45, 7) is 4.05. The second kappa shape index (κ2) is 8.49. The Kier molecular flexibility index (Phi) is 5.92. The maximum Gasteiger partial charge on any atom is 0.296 e. The van der Waals surface area contributed by atoms with E-state index >= 15 is 0 Å². The Balaban J connectivity index is 1.94. The molecule has 1 fully saturated rings. The van der Waals surface area contributed by atoms with Gasteiger partial charge in [-0.3, -0.25) is 9.59 Å². The molecule has 0 bridgehead atoms. The number of aryl methyl sites for hydroxylation is 2. The summed E-state index contributed by atoms with van der Waals surface area (Å²) in [5.74, 6) is -1.37. The number of likely N-dealkylation sites (tertiary alicyclic amines) is 1. The lowest BCUT2D eigenvalue weighted by molar-refractivity contribution is -0.140. The summed E-state index contributed by atoms with van der Waals surface area (Å²) in [6.07, 6.45) is 0. The molecule has 1 aliphatic heterocycles. The topological polar surface area (TPSA) is 66.8 Å². The van der Waals surface area contributed by atoms with E-state index in [9.17, 15) is 14.7 Å². The number of ether oxygens (including phenoxy) is 1. The number of carbonyl (C=O) groups excluding carboxylic acids is 2. The largest absolute Gasteiger partial charge is 0.507 e. The molecular formula is C23H20ClNO4S2. The van der Waals surface area contributed by atoms with Crippen LogP contribution in [0.25, 0.3) is 5.76 Å². The molecule has 2 aromatic heterocycles. The summed E-state index contributed by atoms with van der Waals surface area (Å²) in [5, 5.41) is 15.5. The Labute approximate surface area is 193 Å². The fraction of sp³-hybridized carbons (Fsp3) is 0.217. The second-order valence-corrected chi connectivity index (χ2v) is 9.69. The summed E-state index contributed by atoms with van der Waals surface area (Å²) >= 11 is 9.29. The molecular weight excluding hydrogens is 454 g/mol. The number of aliphatic hydroxyl groups is 1. The Morgan fingerprint density at radius 1 is 1.19 bits per heavy atom. The summed E-state index contributed by atoms with van der Waals surface area (Å²) in [4.78, 5) is 29.6. The van der Waals surface area contributed by atoms with Gasteiger partial charge in [0.15, 0.2) is 0 Å². The van der Waals surface area contributed by atoms with Gasteiger partial charge in [0.2, 0.25) is 0 Å². The van der Waals surface area contributed by atoms with E-state index in [0.717, 1.165) is 20.9 Å². The van der Waals surface area contributed by atoms with Crippen LogP contribution in [-0.2, 0) is 16.1 Å². The number of nitrogens with zero attached hydrogens (tertiary/aromatic N) is 1. The highest BCUT2D eigenvalue weighted by atomic mass is 35.5. The zero-order chi connectivity index (χ0) is 22.3. The number of carbonyl (C=O) groups is 2. The quantitative estimate of drug-likeness (QED) is 0.293. The predicted molar refractivity (Wildman–Crippen MR) is 124 cm³/mol. The van der Waals surface area contributed by atoms with Crippen LogP contribution in [0.4, 0.5) is 0 Å². The standard InChI is InChI=1S/C23H20ClNO4S2/c1-12-9-15(21(29-3)16(24)10-12)19(26)17-18(22-13(2)6-8-31-22)25(23(28)20(17)27)11-14-5-4-7-30-14/h4-10,18,26H,11H2,1-3H3/b19-17+. The highest BCUT2D eigenvalue weighted by Crippen LogP contribution is 2.45. The zero-order valence-electron chi connectivity index (χ0n) is 17.1. The van der Waals surface area contributed by atoms with Crippen molar-refractivity contribution in [2.24, 2.45) is 0 Å². The van der Waals surface area contributed by atoms with E-state index in [1.807, 2.05) is 42.8 Å². The summed E-state index contributed by atoms with van der Waals surface area (Å²) in [5.41, 5.74) is 2.09. The Morgan fingerprint density at radius 2 is 1.97 bits per heavy atom. The van der Waals surface area contributed by atoms with Gasteiger partial charge in [-0.1, -0.05) is 17.7 Å². The Morgan fingerprint density at radius 3 is 2.58 bits per heavy atom. The molecule has 160 valence electrons. The average Bonchev–Trinajstić information content (AvgIpc) is 3.44. The molecule has 8 heteroatoms. The smallest absolute Gasteiger partial charge is 0.296 e. The minimum atomic E-state index is -0.716. The molecule has 1 atom stereocenters. The fourth-order valence-electron chi connectivity index (χ4n) is 3.81. The molecule has 3 heterocycles. The first-order valence-corrected chi connectivity index (χ1v) is 11.7. The van der Waals surface area contributed by atoms with Gasteiger partial charge < -0.3 is 14.7 Å². The molecule has 1 N–H and O–H groups in total. The van der Waals surface area contributed by atoms with Crippen LogP contribution < -0.4 is 4.74 Å². The number of benzene rings is 1. The van der Waals surface area contributed by atoms with Gasteiger partial charge in [0, 0.05) is 9.75 Å². The van der Waals surface area contributed by atoms with Crippen molar-refractivity contribution in [3.63, 3.8) is 0 Å². The van der Waals surface area contributed by atoms with Gasteiger partial charge in [-0.05, 0) is 60.0 Å². The third kappa shape index (κ3) is 3.78. The number of aliphatic hydroxyl groups excluding tert-OH is 1. The SMILES string of the molecule is COc1c(Cl)cc(C)cc1/C(O)=C1\C(=O)C(=O)N(Cc2cccs2)C1c1sccc1C. The fourth-order valence-corrected chi connectivity index (χ4v) is 5.91. The molecule has 1 aromatic carbocycles. The monoisotopic (exact) mass is 473 g/mol.